The first-order valence-electron chi connectivity index (χ1n) is 8.33. The van der Waals surface area contributed by atoms with Crippen LogP contribution in [-0.4, -0.2) is 31.3 Å². The lowest BCUT2D eigenvalue weighted by atomic mass is 10.0. The Morgan fingerprint density at radius 3 is 1.78 bits per heavy atom. The normalized spacial score (nSPS) is 10.3. The second-order valence-corrected chi connectivity index (χ2v) is 6.55. The number of carbonyl (C=O) groups is 2. The van der Waals surface area contributed by atoms with Crippen molar-refractivity contribution in [1.82, 2.24) is 0 Å². The number of esters is 2. The zero-order chi connectivity index (χ0) is 20.0. The van der Waals surface area contributed by atoms with Crippen molar-refractivity contribution in [1.29, 1.82) is 0 Å². The van der Waals surface area contributed by atoms with E-state index in [1.54, 1.807) is 12.1 Å². The lowest BCUT2D eigenvalue weighted by Gasteiger charge is -2.13. The lowest BCUT2D eigenvalue weighted by molar-refractivity contribution is 0.0599. The van der Waals surface area contributed by atoms with Crippen molar-refractivity contribution in [3.8, 4) is 0 Å². The summed E-state index contributed by atoms with van der Waals surface area (Å²) in [5.74, 6) is -0.680. The van der Waals surface area contributed by atoms with Crippen LogP contribution in [0.3, 0.4) is 0 Å². The Hall–Kier alpha value is -2.93. The highest BCUT2D eigenvalue weighted by Gasteiger charge is 2.14. The van der Waals surface area contributed by atoms with Crippen LogP contribution in [0.1, 0.15) is 46.0 Å². The van der Waals surface area contributed by atoms with Gasteiger partial charge in [0.1, 0.15) is 0 Å². The van der Waals surface area contributed by atoms with Crippen molar-refractivity contribution < 1.29 is 19.1 Å². The molecule has 0 spiro atoms. The Bertz CT molecular complexity index is 813. The molecule has 0 aromatic heterocycles. The van der Waals surface area contributed by atoms with Gasteiger partial charge >= 0.3 is 11.9 Å². The highest BCUT2D eigenvalue weighted by atomic mass is 32.1. The SMILES string of the molecule is COC(=O)c1cc(NC(=S)Nc2ccc(C(C)C)cc2)cc(C(=O)OC)c1. The molecule has 0 saturated carbocycles. The zero-order valence-corrected chi connectivity index (χ0v) is 16.5. The molecule has 0 heterocycles. The largest absolute Gasteiger partial charge is 0.465 e. The summed E-state index contributed by atoms with van der Waals surface area (Å²) in [6.07, 6.45) is 0. The second kappa shape index (κ2) is 9.14. The average Bonchev–Trinajstić information content (AvgIpc) is 2.66. The number of anilines is 2. The quantitative estimate of drug-likeness (QED) is 0.589. The van der Waals surface area contributed by atoms with E-state index >= 15 is 0 Å². The van der Waals surface area contributed by atoms with E-state index < -0.39 is 11.9 Å². The molecule has 0 aliphatic rings. The van der Waals surface area contributed by atoms with E-state index in [4.69, 9.17) is 21.7 Å². The first-order chi connectivity index (χ1) is 12.8. The summed E-state index contributed by atoms with van der Waals surface area (Å²) >= 11 is 5.32. The molecule has 0 aliphatic carbocycles. The molecule has 0 amide bonds. The predicted octanol–water partition coefficient (Wildman–Crippen LogP) is 4.19. The maximum Gasteiger partial charge on any atom is 0.337 e. The Morgan fingerprint density at radius 2 is 1.33 bits per heavy atom. The van der Waals surface area contributed by atoms with Gasteiger partial charge in [-0.3, -0.25) is 0 Å². The number of ether oxygens (including phenoxy) is 2. The third-order valence-corrected chi connectivity index (χ3v) is 4.07. The van der Waals surface area contributed by atoms with E-state index in [2.05, 4.69) is 24.5 Å². The van der Waals surface area contributed by atoms with Gasteiger partial charge in [0, 0.05) is 11.4 Å². The molecule has 7 heteroatoms. The van der Waals surface area contributed by atoms with Crippen molar-refractivity contribution in [2.24, 2.45) is 0 Å². The molecule has 2 rings (SSSR count). The van der Waals surface area contributed by atoms with Gasteiger partial charge in [0.05, 0.1) is 25.3 Å². The number of rotatable bonds is 5. The van der Waals surface area contributed by atoms with E-state index in [1.807, 2.05) is 24.3 Å². The summed E-state index contributed by atoms with van der Waals surface area (Å²) in [4.78, 5) is 23.7. The van der Waals surface area contributed by atoms with Gasteiger partial charge in [-0.05, 0) is 54.0 Å². The third-order valence-electron chi connectivity index (χ3n) is 3.87. The van der Waals surface area contributed by atoms with Crippen LogP contribution in [0.4, 0.5) is 11.4 Å². The summed E-state index contributed by atoms with van der Waals surface area (Å²) < 4.78 is 9.45. The predicted molar refractivity (Wildman–Crippen MR) is 109 cm³/mol. The highest BCUT2D eigenvalue weighted by Crippen LogP contribution is 2.19. The van der Waals surface area contributed by atoms with Crippen LogP contribution in [0.2, 0.25) is 0 Å². The van der Waals surface area contributed by atoms with E-state index in [1.165, 1.54) is 25.8 Å². The van der Waals surface area contributed by atoms with Crippen molar-refractivity contribution >= 4 is 40.6 Å². The zero-order valence-electron chi connectivity index (χ0n) is 15.7. The Balaban J connectivity index is 2.18. The Kier molecular flexibility index (Phi) is 6.90. The van der Waals surface area contributed by atoms with Crippen LogP contribution < -0.4 is 10.6 Å². The van der Waals surface area contributed by atoms with Crippen molar-refractivity contribution in [2.45, 2.75) is 19.8 Å². The summed E-state index contributed by atoms with van der Waals surface area (Å²) in [7, 11) is 2.54. The monoisotopic (exact) mass is 386 g/mol. The van der Waals surface area contributed by atoms with Crippen LogP contribution in [0.5, 0.6) is 0 Å². The standard InChI is InChI=1S/C20H22N2O4S/c1-12(2)13-5-7-16(8-6-13)21-20(27)22-17-10-14(18(23)25-3)9-15(11-17)19(24)26-4/h5-12H,1-4H3,(H2,21,22,27). The number of methoxy groups -OCH3 is 2. The van der Waals surface area contributed by atoms with Gasteiger partial charge in [-0.15, -0.1) is 0 Å². The minimum Gasteiger partial charge on any atom is -0.465 e. The third kappa shape index (κ3) is 5.52. The summed E-state index contributed by atoms with van der Waals surface area (Å²) in [5, 5.41) is 6.37. The molecule has 0 saturated heterocycles. The minimum absolute atomic E-state index is 0.215. The molecular weight excluding hydrogens is 364 g/mol. The van der Waals surface area contributed by atoms with E-state index in [0.29, 0.717) is 16.7 Å². The van der Waals surface area contributed by atoms with Crippen LogP contribution in [0.15, 0.2) is 42.5 Å². The topological polar surface area (TPSA) is 76.7 Å². The molecule has 0 radical (unpaired) electrons. The van der Waals surface area contributed by atoms with E-state index in [9.17, 15) is 9.59 Å². The van der Waals surface area contributed by atoms with E-state index in [-0.39, 0.29) is 11.1 Å². The minimum atomic E-state index is -0.563. The van der Waals surface area contributed by atoms with Crippen molar-refractivity contribution in [2.75, 3.05) is 24.9 Å². The molecule has 142 valence electrons. The van der Waals surface area contributed by atoms with Crippen LogP contribution in [0.25, 0.3) is 0 Å². The molecule has 0 bridgehead atoms. The number of nitrogens with one attached hydrogen (secondary N) is 2. The number of thiocarbonyl (C=S) groups is 1. The molecular formula is C20H22N2O4S. The average molecular weight is 386 g/mol. The Morgan fingerprint density at radius 1 is 0.852 bits per heavy atom. The molecule has 6 nitrogen and oxygen atoms in total. The molecule has 2 aromatic rings. The first-order valence-corrected chi connectivity index (χ1v) is 8.74. The fourth-order valence-corrected chi connectivity index (χ4v) is 2.65. The van der Waals surface area contributed by atoms with Gasteiger partial charge in [0.25, 0.3) is 0 Å². The second-order valence-electron chi connectivity index (χ2n) is 6.14. The smallest absolute Gasteiger partial charge is 0.337 e. The first kappa shape index (κ1) is 20.4. The van der Waals surface area contributed by atoms with Crippen LogP contribution >= 0.6 is 12.2 Å². The van der Waals surface area contributed by atoms with Crippen molar-refractivity contribution in [3.05, 3.63) is 59.2 Å². The van der Waals surface area contributed by atoms with Gasteiger partial charge in [-0.2, -0.15) is 0 Å². The van der Waals surface area contributed by atoms with Gasteiger partial charge in [-0.25, -0.2) is 9.59 Å². The fraction of sp³-hybridized carbons (Fsp3) is 0.250. The van der Waals surface area contributed by atoms with Gasteiger partial charge in [0.15, 0.2) is 5.11 Å². The highest BCUT2D eigenvalue weighted by molar-refractivity contribution is 7.80. The van der Waals surface area contributed by atoms with Crippen LogP contribution in [0, 0.1) is 0 Å². The maximum absolute atomic E-state index is 11.8. The number of benzene rings is 2. The molecule has 27 heavy (non-hydrogen) atoms. The molecule has 2 N–H and O–H groups in total. The molecule has 2 aromatic carbocycles. The van der Waals surface area contributed by atoms with Gasteiger partial charge < -0.3 is 20.1 Å². The number of carbonyl (C=O) groups excluding carboxylic acids is 2. The van der Waals surface area contributed by atoms with Gasteiger partial charge in [0.2, 0.25) is 0 Å². The molecule has 0 unspecified atom stereocenters. The number of hydrogen-bond acceptors (Lipinski definition) is 5. The number of hydrogen-bond donors (Lipinski definition) is 2. The van der Waals surface area contributed by atoms with Crippen molar-refractivity contribution in [3.63, 3.8) is 0 Å². The van der Waals surface area contributed by atoms with Gasteiger partial charge in [-0.1, -0.05) is 26.0 Å². The van der Waals surface area contributed by atoms with E-state index in [0.717, 1.165) is 5.69 Å². The maximum atomic E-state index is 11.8. The Labute approximate surface area is 163 Å². The molecule has 0 atom stereocenters. The molecule has 0 fully saturated rings. The van der Waals surface area contributed by atoms with Crippen LogP contribution in [-0.2, 0) is 9.47 Å². The molecule has 0 aliphatic heterocycles. The summed E-state index contributed by atoms with van der Waals surface area (Å²) in [6.45, 7) is 4.25. The summed E-state index contributed by atoms with van der Waals surface area (Å²) in [6, 6.07) is 12.4. The summed E-state index contributed by atoms with van der Waals surface area (Å²) in [5.41, 5.74) is 2.95. The fourth-order valence-electron chi connectivity index (χ4n) is 2.42. The lowest BCUT2D eigenvalue weighted by Crippen LogP contribution is -2.20.